The van der Waals surface area contributed by atoms with Gasteiger partial charge in [0.2, 0.25) is 5.91 Å². The number of rotatable bonds is 7. The highest BCUT2D eigenvalue weighted by Gasteiger charge is 2.30. The molecule has 1 aromatic heterocycles. The summed E-state index contributed by atoms with van der Waals surface area (Å²) in [6.45, 7) is 2.35. The Balaban J connectivity index is 1.49. The van der Waals surface area contributed by atoms with Crippen LogP contribution in [0.4, 0.5) is 4.39 Å². The number of hydrogen-bond donors (Lipinski definition) is 3. The minimum atomic E-state index is -0.353. The lowest BCUT2D eigenvalue weighted by Crippen LogP contribution is -2.44. The van der Waals surface area contributed by atoms with Gasteiger partial charge in [-0.1, -0.05) is 19.1 Å². The molecule has 3 rings (SSSR count). The lowest BCUT2D eigenvalue weighted by molar-refractivity contribution is -0.123. The van der Waals surface area contributed by atoms with Crippen LogP contribution in [0, 0.1) is 5.82 Å². The number of carbonyl (C=O) groups excluding carboxylic acids is 1. The first-order valence-electron chi connectivity index (χ1n) is 8.76. The largest absolute Gasteiger partial charge is 0.492 e. The van der Waals surface area contributed by atoms with E-state index in [0.29, 0.717) is 18.8 Å². The number of nitrogens with zero attached hydrogens (tertiary/aromatic N) is 1. The third kappa shape index (κ3) is 4.77. The van der Waals surface area contributed by atoms with Crippen LogP contribution in [-0.2, 0) is 4.79 Å². The first kappa shape index (κ1) is 18.3. The molecule has 1 amide bonds. The molecule has 3 atom stereocenters. The van der Waals surface area contributed by atoms with E-state index in [4.69, 9.17) is 4.74 Å². The summed E-state index contributed by atoms with van der Waals surface area (Å²) in [5, 5.41) is 3.03. The summed E-state index contributed by atoms with van der Waals surface area (Å²) in [6, 6.07) is 11.2. The number of aromatic nitrogens is 1. The second kappa shape index (κ2) is 8.73. The molecular weight excluding hydrogens is 335 g/mol. The van der Waals surface area contributed by atoms with Crippen LogP contribution in [0.3, 0.4) is 0 Å². The van der Waals surface area contributed by atoms with Crippen LogP contribution < -0.4 is 20.9 Å². The van der Waals surface area contributed by atoms with Crippen LogP contribution in [0.5, 0.6) is 5.75 Å². The molecule has 3 unspecified atom stereocenters. The first-order valence-corrected chi connectivity index (χ1v) is 8.76. The summed E-state index contributed by atoms with van der Waals surface area (Å²) in [5.74, 6) is 0.0570. The number of hydrazine groups is 1. The van der Waals surface area contributed by atoms with E-state index >= 15 is 0 Å². The molecule has 0 aliphatic carbocycles. The molecule has 26 heavy (non-hydrogen) atoms. The molecule has 138 valence electrons. The van der Waals surface area contributed by atoms with Crippen LogP contribution in [0.25, 0.3) is 0 Å². The Labute approximate surface area is 152 Å². The molecule has 1 aromatic carbocycles. The number of benzene rings is 1. The van der Waals surface area contributed by atoms with Gasteiger partial charge in [0.25, 0.3) is 0 Å². The Morgan fingerprint density at radius 2 is 2.23 bits per heavy atom. The van der Waals surface area contributed by atoms with Gasteiger partial charge in [-0.25, -0.2) is 9.82 Å². The highest BCUT2D eigenvalue weighted by molar-refractivity contribution is 5.82. The molecular formula is C19H23FN4O2. The van der Waals surface area contributed by atoms with E-state index in [0.717, 1.165) is 12.1 Å². The smallest absolute Gasteiger partial charge is 0.239 e. The molecule has 0 radical (unpaired) electrons. The number of ether oxygens (including phenoxy) is 1. The molecule has 1 saturated heterocycles. The highest BCUT2D eigenvalue weighted by atomic mass is 19.1. The van der Waals surface area contributed by atoms with Gasteiger partial charge in [0.05, 0.1) is 17.8 Å². The number of nitrogens with one attached hydrogen (secondary N) is 3. The van der Waals surface area contributed by atoms with E-state index in [1.165, 1.54) is 12.1 Å². The SMILES string of the molecule is CCC(NC(=O)C1CC(COc2cccc(F)c2)NN1)c1ccccn1. The van der Waals surface area contributed by atoms with Crippen molar-refractivity contribution in [3.8, 4) is 5.75 Å². The fraction of sp³-hybridized carbons (Fsp3) is 0.368. The van der Waals surface area contributed by atoms with Gasteiger partial charge in [-0.2, -0.15) is 0 Å². The number of halogens is 1. The maximum atomic E-state index is 13.2. The minimum absolute atomic E-state index is 0.0380. The average Bonchev–Trinajstić information content (AvgIpc) is 3.14. The molecule has 7 heteroatoms. The monoisotopic (exact) mass is 358 g/mol. The van der Waals surface area contributed by atoms with Crippen LogP contribution >= 0.6 is 0 Å². The van der Waals surface area contributed by atoms with Crippen LogP contribution in [0.1, 0.15) is 31.5 Å². The molecule has 0 spiro atoms. The van der Waals surface area contributed by atoms with Crippen molar-refractivity contribution >= 4 is 5.91 Å². The van der Waals surface area contributed by atoms with Gasteiger partial charge in [-0.05, 0) is 37.1 Å². The zero-order valence-electron chi connectivity index (χ0n) is 14.6. The molecule has 3 N–H and O–H groups in total. The van der Waals surface area contributed by atoms with Gasteiger partial charge >= 0.3 is 0 Å². The Bertz CT molecular complexity index is 728. The third-order valence-electron chi connectivity index (χ3n) is 4.32. The number of carbonyl (C=O) groups is 1. The lowest BCUT2D eigenvalue weighted by atomic mass is 10.1. The van der Waals surface area contributed by atoms with Gasteiger partial charge < -0.3 is 10.1 Å². The van der Waals surface area contributed by atoms with Crippen LogP contribution in [0.2, 0.25) is 0 Å². The summed E-state index contributed by atoms with van der Waals surface area (Å²) in [5.41, 5.74) is 6.90. The summed E-state index contributed by atoms with van der Waals surface area (Å²) in [6.07, 6.45) is 3.06. The predicted octanol–water partition coefficient (Wildman–Crippen LogP) is 2.10. The molecule has 2 aromatic rings. The van der Waals surface area contributed by atoms with Crippen molar-refractivity contribution in [2.75, 3.05) is 6.61 Å². The van der Waals surface area contributed by atoms with Gasteiger partial charge in [0.1, 0.15) is 24.2 Å². The fourth-order valence-corrected chi connectivity index (χ4v) is 2.90. The number of hydrogen-bond acceptors (Lipinski definition) is 5. The van der Waals surface area contributed by atoms with Crippen molar-refractivity contribution in [3.05, 3.63) is 60.2 Å². The Kier molecular flexibility index (Phi) is 6.14. The second-order valence-electron chi connectivity index (χ2n) is 6.27. The van der Waals surface area contributed by atoms with Crippen molar-refractivity contribution in [2.45, 2.75) is 37.9 Å². The average molecular weight is 358 g/mol. The predicted molar refractivity (Wildman–Crippen MR) is 95.8 cm³/mol. The number of pyridine rings is 1. The molecule has 1 aliphatic heterocycles. The van der Waals surface area contributed by atoms with E-state index in [1.807, 2.05) is 25.1 Å². The normalized spacial score (nSPS) is 20.5. The first-order chi connectivity index (χ1) is 12.7. The zero-order valence-corrected chi connectivity index (χ0v) is 14.6. The Hall–Kier alpha value is -2.51. The fourth-order valence-electron chi connectivity index (χ4n) is 2.90. The highest BCUT2D eigenvalue weighted by Crippen LogP contribution is 2.16. The summed E-state index contributed by atoms with van der Waals surface area (Å²) in [7, 11) is 0. The van der Waals surface area contributed by atoms with Gasteiger partial charge in [-0.3, -0.25) is 15.2 Å². The lowest BCUT2D eigenvalue weighted by Gasteiger charge is -2.19. The molecule has 0 saturated carbocycles. The molecule has 1 fully saturated rings. The van der Waals surface area contributed by atoms with Gasteiger partial charge in [0, 0.05) is 12.3 Å². The zero-order chi connectivity index (χ0) is 18.4. The van der Waals surface area contributed by atoms with Gasteiger partial charge in [0.15, 0.2) is 0 Å². The van der Waals surface area contributed by atoms with E-state index in [1.54, 1.807) is 18.3 Å². The number of amides is 1. The summed E-state index contributed by atoms with van der Waals surface area (Å²) in [4.78, 5) is 16.8. The Morgan fingerprint density at radius 3 is 2.96 bits per heavy atom. The third-order valence-corrected chi connectivity index (χ3v) is 4.32. The van der Waals surface area contributed by atoms with Gasteiger partial charge in [-0.15, -0.1) is 0 Å². The van der Waals surface area contributed by atoms with E-state index in [2.05, 4.69) is 21.2 Å². The maximum Gasteiger partial charge on any atom is 0.239 e. The van der Waals surface area contributed by atoms with Crippen LogP contribution in [-0.4, -0.2) is 29.6 Å². The molecule has 2 heterocycles. The van der Waals surface area contributed by atoms with Crippen molar-refractivity contribution in [1.82, 2.24) is 21.2 Å². The van der Waals surface area contributed by atoms with E-state index in [9.17, 15) is 9.18 Å². The Morgan fingerprint density at radius 1 is 1.35 bits per heavy atom. The molecule has 6 nitrogen and oxygen atoms in total. The topological polar surface area (TPSA) is 75.3 Å². The van der Waals surface area contributed by atoms with E-state index in [-0.39, 0.29) is 29.8 Å². The van der Waals surface area contributed by atoms with Crippen molar-refractivity contribution in [2.24, 2.45) is 0 Å². The standard InChI is InChI=1S/C19H23FN4O2/c1-2-16(17-8-3-4-9-21-17)22-19(25)18-11-14(23-24-18)12-26-15-7-5-6-13(20)10-15/h3-10,14,16,18,23-24H,2,11-12H2,1H3,(H,22,25). The quantitative estimate of drug-likeness (QED) is 0.707. The second-order valence-corrected chi connectivity index (χ2v) is 6.27. The van der Waals surface area contributed by atoms with Crippen molar-refractivity contribution in [3.63, 3.8) is 0 Å². The maximum absolute atomic E-state index is 13.2. The van der Waals surface area contributed by atoms with Crippen molar-refractivity contribution in [1.29, 1.82) is 0 Å². The minimum Gasteiger partial charge on any atom is -0.492 e. The van der Waals surface area contributed by atoms with Crippen molar-refractivity contribution < 1.29 is 13.9 Å². The molecule has 0 bridgehead atoms. The van der Waals surface area contributed by atoms with E-state index < -0.39 is 0 Å². The molecule has 1 aliphatic rings. The summed E-state index contributed by atoms with van der Waals surface area (Å²) < 4.78 is 18.8. The van der Waals surface area contributed by atoms with Crippen LogP contribution in [0.15, 0.2) is 48.7 Å². The summed E-state index contributed by atoms with van der Waals surface area (Å²) >= 11 is 0.